The highest BCUT2D eigenvalue weighted by Crippen LogP contribution is 2.49. The molecule has 1 N–H and O–H groups in total. The molecule has 0 heterocycles. The minimum Gasteiger partial charge on any atom is -0.325 e. The largest absolute Gasteiger partial charge is 0.325 e. The van der Waals surface area contributed by atoms with Gasteiger partial charge in [0.1, 0.15) is 0 Å². The van der Waals surface area contributed by atoms with Crippen molar-refractivity contribution in [1.29, 1.82) is 0 Å². The molecule has 3 heteroatoms. The lowest BCUT2D eigenvalue weighted by Crippen LogP contribution is -2.20. The van der Waals surface area contributed by atoms with Crippen LogP contribution in [-0.2, 0) is 4.79 Å². The summed E-state index contributed by atoms with van der Waals surface area (Å²) in [6.45, 7) is 0. The van der Waals surface area contributed by atoms with Crippen LogP contribution in [0.2, 0.25) is 0 Å². The van der Waals surface area contributed by atoms with E-state index in [1.54, 1.807) is 0 Å². The fraction of sp³-hybridized carbons (Fsp3) is 0.533. The molecule has 3 atom stereocenters. The summed E-state index contributed by atoms with van der Waals surface area (Å²) in [5.41, 5.74) is 0.950. The van der Waals surface area contributed by atoms with Crippen LogP contribution in [-0.4, -0.2) is 5.91 Å². The maximum absolute atomic E-state index is 12.1. The Morgan fingerprint density at radius 2 is 2.11 bits per heavy atom. The number of fused-ring (bicyclic) bond motifs is 2. The van der Waals surface area contributed by atoms with E-state index in [0.717, 1.165) is 21.1 Å². The Kier molecular flexibility index (Phi) is 3.59. The molecule has 1 aromatic carbocycles. The van der Waals surface area contributed by atoms with Crippen molar-refractivity contribution < 1.29 is 4.79 Å². The van der Waals surface area contributed by atoms with Gasteiger partial charge in [-0.2, -0.15) is 0 Å². The zero-order chi connectivity index (χ0) is 12.5. The second-order valence-corrected chi connectivity index (χ2v) is 6.83. The average molecular weight is 355 g/mol. The Morgan fingerprint density at radius 1 is 1.28 bits per heavy atom. The van der Waals surface area contributed by atoms with Gasteiger partial charge in [-0.15, -0.1) is 0 Å². The smallest absolute Gasteiger partial charge is 0.224 e. The maximum Gasteiger partial charge on any atom is 0.224 e. The SMILES string of the molecule is O=C(C[C@@H]1C[C@H]2CC[C@H]1C2)Nc1ccccc1I. The fourth-order valence-electron chi connectivity index (χ4n) is 3.63. The van der Waals surface area contributed by atoms with E-state index in [1.807, 2.05) is 24.3 Å². The van der Waals surface area contributed by atoms with Crippen molar-refractivity contribution in [3.05, 3.63) is 27.8 Å². The quantitative estimate of drug-likeness (QED) is 0.815. The van der Waals surface area contributed by atoms with Gasteiger partial charge in [0.15, 0.2) is 0 Å². The second kappa shape index (κ2) is 5.19. The number of carbonyl (C=O) groups excluding carboxylic acids is 1. The van der Waals surface area contributed by atoms with Crippen LogP contribution in [0.25, 0.3) is 0 Å². The molecule has 2 saturated carbocycles. The average Bonchev–Trinajstić information content (AvgIpc) is 2.94. The molecule has 0 spiro atoms. The van der Waals surface area contributed by atoms with Crippen molar-refractivity contribution in [1.82, 2.24) is 0 Å². The van der Waals surface area contributed by atoms with E-state index in [0.29, 0.717) is 12.3 Å². The minimum atomic E-state index is 0.191. The summed E-state index contributed by atoms with van der Waals surface area (Å²) in [7, 11) is 0. The number of benzene rings is 1. The lowest BCUT2D eigenvalue weighted by Gasteiger charge is -2.21. The third-order valence-electron chi connectivity index (χ3n) is 4.48. The molecule has 3 rings (SSSR count). The van der Waals surface area contributed by atoms with E-state index in [2.05, 4.69) is 27.9 Å². The molecule has 2 nitrogen and oxygen atoms in total. The molecule has 2 aliphatic rings. The Balaban J connectivity index is 1.58. The third kappa shape index (κ3) is 2.56. The number of carbonyl (C=O) groups is 1. The van der Waals surface area contributed by atoms with Crippen LogP contribution >= 0.6 is 22.6 Å². The molecular formula is C15H18INO. The van der Waals surface area contributed by atoms with Gasteiger partial charge in [-0.1, -0.05) is 18.6 Å². The van der Waals surface area contributed by atoms with Crippen molar-refractivity contribution in [2.24, 2.45) is 17.8 Å². The van der Waals surface area contributed by atoms with E-state index in [-0.39, 0.29) is 5.91 Å². The van der Waals surface area contributed by atoms with E-state index in [4.69, 9.17) is 0 Å². The topological polar surface area (TPSA) is 29.1 Å². The van der Waals surface area contributed by atoms with Crippen LogP contribution in [0, 0.1) is 21.3 Å². The van der Waals surface area contributed by atoms with Gasteiger partial charge < -0.3 is 5.32 Å². The molecule has 0 radical (unpaired) electrons. The van der Waals surface area contributed by atoms with Crippen LogP contribution in [0.3, 0.4) is 0 Å². The summed E-state index contributed by atoms with van der Waals surface area (Å²) in [4.78, 5) is 12.1. The Morgan fingerprint density at radius 3 is 2.78 bits per heavy atom. The first-order chi connectivity index (χ1) is 8.72. The van der Waals surface area contributed by atoms with Crippen molar-refractivity contribution in [3.8, 4) is 0 Å². The number of amides is 1. The first-order valence-electron chi connectivity index (χ1n) is 6.77. The summed E-state index contributed by atoms with van der Waals surface area (Å²) in [5, 5.41) is 3.05. The first kappa shape index (κ1) is 12.5. The van der Waals surface area contributed by atoms with E-state index in [1.165, 1.54) is 25.7 Å². The van der Waals surface area contributed by atoms with Crippen LogP contribution < -0.4 is 5.32 Å². The zero-order valence-corrected chi connectivity index (χ0v) is 12.5. The number of rotatable bonds is 3. The Labute approximate surface area is 122 Å². The maximum atomic E-state index is 12.1. The molecule has 18 heavy (non-hydrogen) atoms. The molecule has 0 saturated heterocycles. The molecule has 2 fully saturated rings. The zero-order valence-electron chi connectivity index (χ0n) is 10.4. The summed E-state index contributed by atoms with van der Waals surface area (Å²) in [6, 6.07) is 7.96. The van der Waals surface area contributed by atoms with Gasteiger partial charge in [-0.25, -0.2) is 0 Å². The molecule has 0 unspecified atom stereocenters. The van der Waals surface area contributed by atoms with Gasteiger partial charge in [0.25, 0.3) is 0 Å². The van der Waals surface area contributed by atoms with E-state index >= 15 is 0 Å². The highest BCUT2D eigenvalue weighted by Gasteiger charge is 2.40. The summed E-state index contributed by atoms with van der Waals surface area (Å²) < 4.78 is 1.11. The van der Waals surface area contributed by atoms with Crippen LogP contribution in [0.1, 0.15) is 32.1 Å². The lowest BCUT2D eigenvalue weighted by atomic mass is 9.86. The predicted octanol–water partition coefficient (Wildman–Crippen LogP) is 4.06. The van der Waals surface area contributed by atoms with Crippen LogP contribution in [0.4, 0.5) is 5.69 Å². The van der Waals surface area contributed by atoms with Crippen molar-refractivity contribution in [2.75, 3.05) is 5.32 Å². The number of halogens is 1. The van der Waals surface area contributed by atoms with Crippen molar-refractivity contribution in [3.63, 3.8) is 0 Å². The normalized spacial score (nSPS) is 29.5. The number of hydrogen-bond acceptors (Lipinski definition) is 1. The van der Waals surface area contributed by atoms with Gasteiger partial charge in [0.05, 0.1) is 5.69 Å². The second-order valence-electron chi connectivity index (χ2n) is 5.67. The van der Waals surface area contributed by atoms with Crippen molar-refractivity contribution in [2.45, 2.75) is 32.1 Å². The molecule has 96 valence electrons. The number of nitrogens with one attached hydrogen (secondary N) is 1. The highest BCUT2D eigenvalue weighted by atomic mass is 127. The summed E-state index contributed by atoms with van der Waals surface area (Å²) in [5.74, 6) is 2.59. The molecule has 2 aliphatic carbocycles. The molecule has 0 aliphatic heterocycles. The van der Waals surface area contributed by atoms with Gasteiger partial charge in [0, 0.05) is 9.99 Å². The number of anilines is 1. The Hall–Kier alpha value is -0.580. The fourth-order valence-corrected chi connectivity index (χ4v) is 4.15. The van der Waals surface area contributed by atoms with Gasteiger partial charge in [0.2, 0.25) is 5.91 Å². The molecule has 2 bridgehead atoms. The summed E-state index contributed by atoms with van der Waals surface area (Å²) >= 11 is 2.26. The van der Waals surface area contributed by atoms with Crippen molar-refractivity contribution >= 4 is 34.2 Å². The number of para-hydroxylation sites is 1. The van der Waals surface area contributed by atoms with Gasteiger partial charge >= 0.3 is 0 Å². The molecule has 1 amide bonds. The van der Waals surface area contributed by atoms with Crippen LogP contribution in [0.15, 0.2) is 24.3 Å². The monoisotopic (exact) mass is 355 g/mol. The molecule has 0 aromatic heterocycles. The highest BCUT2D eigenvalue weighted by molar-refractivity contribution is 14.1. The minimum absolute atomic E-state index is 0.191. The predicted molar refractivity (Wildman–Crippen MR) is 81.3 cm³/mol. The Bertz CT molecular complexity index is 460. The lowest BCUT2D eigenvalue weighted by molar-refractivity contribution is -0.117. The standard InChI is InChI=1S/C15H18INO/c16-13-3-1-2-4-14(13)17-15(18)9-12-8-10-5-6-11(12)7-10/h1-4,10-12H,5-9H2,(H,17,18)/t10-,11-,12-/m0/s1. The van der Waals surface area contributed by atoms with E-state index in [9.17, 15) is 4.79 Å². The van der Waals surface area contributed by atoms with Crippen LogP contribution in [0.5, 0.6) is 0 Å². The number of hydrogen-bond donors (Lipinski definition) is 1. The molecule has 1 aromatic rings. The first-order valence-corrected chi connectivity index (χ1v) is 7.84. The van der Waals surface area contributed by atoms with Gasteiger partial charge in [-0.05, 0) is 71.7 Å². The van der Waals surface area contributed by atoms with E-state index < -0.39 is 0 Å². The third-order valence-corrected chi connectivity index (χ3v) is 5.42. The summed E-state index contributed by atoms with van der Waals surface area (Å²) in [6.07, 6.45) is 6.13. The van der Waals surface area contributed by atoms with Gasteiger partial charge in [-0.3, -0.25) is 4.79 Å². The molecular weight excluding hydrogens is 337 g/mol.